The predicted octanol–water partition coefficient (Wildman–Crippen LogP) is 3.00. The Morgan fingerprint density at radius 3 is 2.41 bits per heavy atom. The van der Waals surface area contributed by atoms with Crippen LogP contribution in [0.3, 0.4) is 0 Å². The van der Waals surface area contributed by atoms with Crippen molar-refractivity contribution < 1.29 is 53.3 Å². The number of para-hydroxylation sites is 1. The van der Waals surface area contributed by atoms with E-state index in [0.29, 0.717) is 0 Å². The number of methoxy groups -OCH3 is 1. The van der Waals surface area contributed by atoms with Crippen LogP contribution in [-0.2, 0) is 25.0 Å². The standard InChI is InChI=1S/C21H22O7.V/c1-10(2)8-9-12-15(23)21(27-3)17(25)14-16(24)18(26)20(28-19(12)14)11-6-4-5-7-13(11)22;/h4-8,18,20,22-23,25-26H,9H2,1-3H3;/t18-,20+;/m0./s1. The van der Waals surface area contributed by atoms with Gasteiger partial charge < -0.3 is 29.9 Å². The molecule has 0 fully saturated rings. The first-order valence-electron chi connectivity index (χ1n) is 8.72. The Bertz CT molecular complexity index is 964. The number of aliphatic hydroxyl groups excluding tert-OH is 1. The number of allylic oxidation sites excluding steroid dienone is 2. The molecule has 1 aliphatic heterocycles. The molecule has 0 spiro atoms. The molecule has 29 heavy (non-hydrogen) atoms. The van der Waals surface area contributed by atoms with Crippen LogP contribution in [-0.4, -0.2) is 39.4 Å². The maximum Gasteiger partial charge on any atom is 0.204 e. The van der Waals surface area contributed by atoms with E-state index in [1.165, 1.54) is 19.2 Å². The maximum atomic E-state index is 12.9. The number of ether oxygens (including phenoxy) is 2. The third kappa shape index (κ3) is 3.94. The zero-order valence-corrected chi connectivity index (χ0v) is 17.6. The van der Waals surface area contributed by atoms with Gasteiger partial charge in [0.05, 0.1) is 7.11 Å². The second kappa shape index (κ2) is 8.82. The number of benzene rings is 2. The summed E-state index contributed by atoms with van der Waals surface area (Å²) in [5.41, 5.74) is 1.18. The summed E-state index contributed by atoms with van der Waals surface area (Å²) >= 11 is 0. The molecule has 1 heterocycles. The Labute approximate surface area is 180 Å². The number of Topliss-reactive ketones (excluding diaryl/α,β-unsaturated/α-hetero) is 1. The van der Waals surface area contributed by atoms with Crippen LogP contribution in [0.25, 0.3) is 0 Å². The minimum Gasteiger partial charge on any atom is -0.508 e. The van der Waals surface area contributed by atoms with E-state index in [-0.39, 0.29) is 64.7 Å². The van der Waals surface area contributed by atoms with Gasteiger partial charge in [-0.3, -0.25) is 4.79 Å². The normalized spacial score (nSPS) is 17.6. The molecule has 0 bridgehead atoms. The zero-order valence-electron chi connectivity index (χ0n) is 16.2. The van der Waals surface area contributed by atoms with Crippen molar-refractivity contribution in [3.05, 3.63) is 52.6 Å². The Morgan fingerprint density at radius 1 is 1.17 bits per heavy atom. The monoisotopic (exact) mass is 437 g/mol. The van der Waals surface area contributed by atoms with Gasteiger partial charge in [-0.25, -0.2) is 0 Å². The van der Waals surface area contributed by atoms with Crippen molar-refractivity contribution >= 4 is 5.78 Å². The van der Waals surface area contributed by atoms with Gasteiger partial charge in [-0.05, 0) is 26.3 Å². The maximum absolute atomic E-state index is 12.9. The summed E-state index contributed by atoms with van der Waals surface area (Å²) in [6.45, 7) is 3.75. The number of hydrogen-bond donors (Lipinski definition) is 4. The van der Waals surface area contributed by atoms with Crippen LogP contribution in [0.1, 0.15) is 41.4 Å². The van der Waals surface area contributed by atoms with Crippen LogP contribution in [0.2, 0.25) is 0 Å². The molecule has 0 saturated heterocycles. The number of hydrogen-bond acceptors (Lipinski definition) is 7. The summed E-state index contributed by atoms with van der Waals surface area (Å²) in [7, 11) is 1.25. The van der Waals surface area contributed by atoms with Gasteiger partial charge >= 0.3 is 0 Å². The number of fused-ring (bicyclic) bond motifs is 1. The molecule has 7 nitrogen and oxygen atoms in total. The molecule has 0 aliphatic carbocycles. The van der Waals surface area contributed by atoms with E-state index in [9.17, 15) is 25.2 Å². The minimum absolute atomic E-state index is 0. The predicted molar refractivity (Wildman–Crippen MR) is 101 cm³/mol. The van der Waals surface area contributed by atoms with E-state index >= 15 is 0 Å². The summed E-state index contributed by atoms with van der Waals surface area (Å²) in [6, 6.07) is 6.18. The first kappa shape index (κ1) is 22.7. The summed E-state index contributed by atoms with van der Waals surface area (Å²) < 4.78 is 10.9. The van der Waals surface area contributed by atoms with Gasteiger partial charge in [-0.1, -0.05) is 29.8 Å². The molecule has 0 saturated carbocycles. The number of aliphatic hydroxyl groups is 1. The van der Waals surface area contributed by atoms with Gasteiger partial charge in [0.1, 0.15) is 17.1 Å². The van der Waals surface area contributed by atoms with Crippen molar-refractivity contribution in [2.75, 3.05) is 7.11 Å². The minimum atomic E-state index is -1.66. The van der Waals surface area contributed by atoms with Gasteiger partial charge in [0, 0.05) is 29.7 Å². The number of phenolic OH excluding ortho intramolecular Hbond substituents is 3. The largest absolute Gasteiger partial charge is 0.508 e. The number of ketones is 1. The Hall–Kier alpha value is -2.61. The topological polar surface area (TPSA) is 116 Å². The second-order valence-corrected chi connectivity index (χ2v) is 6.81. The molecule has 2 atom stereocenters. The molecular weight excluding hydrogens is 415 g/mol. The molecule has 153 valence electrons. The van der Waals surface area contributed by atoms with Crippen LogP contribution in [0.5, 0.6) is 28.7 Å². The summed E-state index contributed by atoms with van der Waals surface area (Å²) in [5.74, 6) is -2.19. The molecule has 0 amide bonds. The molecule has 1 radical (unpaired) electrons. The van der Waals surface area contributed by atoms with E-state index in [0.717, 1.165) is 5.57 Å². The molecule has 2 aromatic rings. The van der Waals surface area contributed by atoms with Gasteiger partial charge in [0.25, 0.3) is 0 Å². The number of aromatic hydroxyl groups is 3. The molecular formula is C21H22O7V. The molecule has 3 rings (SSSR count). The molecule has 2 aromatic carbocycles. The smallest absolute Gasteiger partial charge is 0.204 e. The summed E-state index contributed by atoms with van der Waals surface area (Å²) in [6.07, 6.45) is -0.819. The van der Waals surface area contributed by atoms with Crippen LogP contribution in [0.4, 0.5) is 0 Å². The van der Waals surface area contributed by atoms with Crippen molar-refractivity contribution in [3.8, 4) is 28.7 Å². The first-order valence-corrected chi connectivity index (χ1v) is 8.72. The van der Waals surface area contributed by atoms with Crippen molar-refractivity contribution in [2.24, 2.45) is 0 Å². The third-order valence-corrected chi connectivity index (χ3v) is 4.66. The van der Waals surface area contributed by atoms with E-state index in [2.05, 4.69) is 0 Å². The van der Waals surface area contributed by atoms with E-state index in [1.54, 1.807) is 12.1 Å². The van der Waals surface area contributed by atoms with Crippen molar-refractivity contribution in [3.63, 3.8) is 0 Å². The quantitative estimate of drug-likeness (QED) is 0.544. The second-order valence-electron chi connectivity index (χ2n) is 6.81. The summed E-state index contributed by atoms with van der Waals surface area (Å²) in [4.78, 5) is 12.9. The molecule has 8 heteroatoms. The van der Waals surface area contributed by atoms with Crippen molar-refractivity contribution in [1.29, 1.82) is 0 Å². The van der Waals surface area contributed by atoms with Crippen LogP contribution >= 0.6 is 0 Å². The van der Waals surface area contributed by atoms with Crippen molar-refractivity contribution in [2.45, 2.75) is 32.5 Å². The van der Waals surface area contributed by atoms with Gasteiger partial charge in [-0.15, -0.1) is 0 Å². The average Bonchev–Trinajstić information content (AvgIpc) is 2.65. The zero-order chi connectivity index (χ0) is 20.6. The number of phenols is 3. The van der Waals surface area contributed by atoms with E-state index < -0.39 is 23.7 Å². The molecule has 0 aromatic heterocycles. The summed E-state index contributed by atoms with van der Waals surface area (Å²) in [5, 5.41) is 41.7. The van der Waals surface area contributed by atoms with Crippen LogP contribution < -0.4 is 9.47 Å². The van der Waals surface area contributed by atoms with Gasteiger partial charge in [-0.2, -0.15) is 0 Å². The molecule has 0 unspecified atom stereocenters. The first-order chi connectivity index (χ1) is 13.3. The third-order valence-electron chi connectivity index (χ3n) is 4.66. The number of rotatable bonds is 4. The number of carbonyl (C=O) groups excluding carboxylic acids is 1. The molecule has 4 N–H and O–H groups in total. The van der Waals surface area contributed by atoms with Gasteiger partial charge in [0.2, 0.25) is 11.5 Å². The fraction of sp³-hybridized carbons (Fsp3) is 0.286. The Morgan fingerprint density at radius 2 is 1.83 bits per heavy atom. The number of carbonyl (C=O) groups is 1. The Kier molecular flexibility index (Phi) is 6.90. The van der Waals surface area contributed by atoms with Gasteiger partial charge in [0.15, 0.2) is 23.7 Å². The van der Waals surface area contributed by atoms with Crippen LogP contribution in [0.15, 0.2) is 35.9 Å². The molecule has 1 aliphatic rings. The fourth-order valence-corrected chi connectivity index (χ4v) is 3.21. The van der Waals surface area contributed by atoms with E-state index in [4.69, 9.17) is 9.47 Å². The van der Waals surface area contributed by atoms with Crippen LogP contribution in [0, 0.1) is 0 Å². The van der Waals surface area contributed by atoms with Crippen molar-refractivity contribution in [1.82, 2.24) is 0 Å². The SMILES string of the molecule is COc1c(O)c(CC=C(C)C)c2c(c1O)C(=O)[C@H](O)[C@@H](c1ccccc1O)O2.[V]. The Balaban J connectivity index is 0.00000300. The fourth-order valence-electron chi connectivity index (χ4n) is 3.21. The van der Waals surface area contributed by atoms with E-state index in [1.807, 2.05) is 19.9 Å². The average molecular weight is 437 g/mol.